The molecule has 1 aliphatic rings. The number of carbonyl (C=O) groups is 1. The van der Waals surface area contributed by atoms with Crippen molar-refractivity contribution in [2.45, 2.75) is 25.9 Å². The van der Waals surface area contributed by atoms with Gasteiger partial charge in [0.15, 0.2) is 0 Å². The van der Waals surface area contributed by atoms with Crippen molar-refractivity contribution in [1.82, 2.24) is 0 Å². The van der Waals surface area contributed by atoms with Crippen LogP contribution >= 0.6 is 0 Å². The summed E-state index contributed by atoms with van der Waals surface area (Å²) in [7, 11) is 0. The minimum Gasteiger partial charge on any atom is -0.492 e. The smallest absolute Gasteiger partial charge is 0.416 e. The number of benzene rings is 2. The average molecular weight is 407 g/mol. The molecule has 156 valence electrons. The van der Waals surface area contributed by atoms with E-state index in [-0.39, 0.29) is 12.5 Å². The molecule has 0 radical (unpaired) electrons. The summed E-state index contributed by atoms with van der Waals surface area (Å²) in [5.74, 6) is 0.169. The zero-order valence-electron chi connectivity index (χ0n) is 16.2. The van der Waals surface area contributed by atoms with E-state index in [1.807, 2.05) is 11.8 Å². The van der Waals surface area contributed by atoms with Gasteiger partial charge in [-0.1, -0.05) is 12.1 Å². The van der Waals surface area contributed by atoms with Crippen LogP contribution in [0, 0.1) is 0 Å². The molecule has 8 heteroatoms. The highest BCUT2D eigenvalue weighted by Crippen LogP contribution is 2.36. The maximum atomic E-state index is 13.1. The Morgan fingerprint density at radius 2 is 1.83 bits per heavy atom. The molecule has 1 aliphatic heterocycles. The highest BCUT2D eigenvalue weighted by Gasteiger charge is 2.31. The van der Waals surface area contributed by atoms with Crippen LogP contribution in [0.25, 0.3) is 0 Å². The molecule has 29 heavy (non-hydrogen) atoms. The third-order valence-electron chi connectivity index (χ3n) is 4.67. The second-order valence-corrected chi connectivity index (χ2v) is 6.75. The summed E-state index contributed by atoms with van der Waals surface area (Å²) in [4.78, 5) is 14.4. The molecule has 0 bridgehead atoms. The van der Waals surface area contributed by atoms with E-state index in [1.54, 1.807) is 24.3 Å². The largest absolute Gasteiger partial charge is 0.492 e. The van der Waals surface area contributed by atoms with E-state index in [2.05, 4.69) is 10.6 Å². The second kappa shape index (κ2) is 9.07. The zero-order valence-corrected chi connectivity index (χ0v) is 16.2. The fourth-order valence-electron chi connectivity index (χ4n) is 3.31. The van der Waals surface area contributed by atoms with Gasteiger partial charge in [-0.2, -0.15) is 13.2 Å². The number of halogens is 3. The number of nitrogens with zero attached hydrogens (tertiary/aromatic N) is 1. The summed E-state index contributed by atoms with van der Waals surface area (Å²) in [6.07, 6.45) is -2.46. The monoisotopic (exact) mass is 407 g/mol. The molecule has 0 spiro atoms. The Balaban J connectivity index is 1.74. The first-order valence-corrected chi connectivity index (χ1v) is 9.60. The van der Waals surface area contributed by atoms with Gasteiger partial charge in [0.1, 0.15) is 5.75 Å². The van der Waals surface area contributed by atoms with Crippen molar-refractivity contribution in [3.8, 4) is 5.75 Å². The Morgan fingerprint density at radius 3 is 2.52 bits per heavy atom. The number of hydrogen-bond acceptors (Lipinski definition) is 4. The molecule has 5 nitrogen and oxygen atoms in total. The maximum absolute atomic E-state index is 13.1. The number of rotatable bonds is 7. The third-order valence-corrected chi connectivity index (χ3v) is 4.67. The molecule has 2 aromatic rings. The van der Waals surface area contributed by atoms with E-state index < -0.39 is 11.7 Å². The fraction of sp³-hybridized carbons (Fsp3) is 0.381. The number of hydrogen-bond donors (Lipinski definition) is 2. The van der Waals surface area contributed by atoms with Crippen LogP contribution in [-0.2, 0) is 11.0 Å². The molecule has 3 rings (SSSR count). The summed E-state index contributed by atoms with van der Waals surface area (Å²) >= 11 is 0. The van der Waals surface area contributed by atoms with Crippen LogP contribution in [-0.4, -0.2) is 32.1 Å². The lowest BCUT2D eigenvalue weighted by atomic mass is 10.1. The molecule has 2 aromatic carbocycles. The van der Waals surface area contributed by atoms with Crippen molar-refractivity contribution < 1.29 is 22.7 Å². The van der Waals surface area contributed by atoms with E-state index in [0.717, 1.165) is 38.1 Å². The minimum atomic E-state index is -4.45. The number of alkyl halides is 3. The Labute approximate surface area is 167 Å². The highest BCUT2D eigenvalue weighted by molar-refractivity contribution is 5.95. The maximum Gasteiger partial charge on any atom is 0.416 e. The van der Waals surface area contributed by atoms with E-state index in [9.17, 15) is 18.0 Å². The minimum absolute atomic E-state index is 0.164. The molecule has 1 heterocycles. The molecule has 0 atom stereocenters. The highest BCUT2D eigenvalue weighted by atomic mass is 19.4. The lowest BCUT2D eigenvalue weighted by Crippen LogP contribution is -2.25. The van der Waals surface area contributed by atoms with Crippen molar-refractivity contribution in [2.75, 3.05) is 41.8 Å². The molecule has 2 N–H and O–H groups in total. The van der Waals surface area contributed by atoms with Gasteiger partial charge in [0, 0.05) is 13.1 Å². The summed E-state index contributed by atoms with van der Waals surface area (Å²) < 4.78 is 44.9. The number of amides is 1. The van der Waals surface area contributed by atoms with Crippen molar-refractivity contribution in [1.29, 1.82) is 0 Å². The number of ether oxygens (including phenoxy) is 1. The number of nitrogens with one attached hydrogen (secondary N) is 2. The second-order valence-electron chi connectivity index (χ2n) is 6.75. The Hall–Kier alpha value is -2.90. The molecule has 0 saturated carbocycles. The summed E-state index contributed by atoms with van der Waals surface area (Å²) in [6.45, 7) is 3.70. The van der Waals surface area contributed by atoms with Crippen LogP contribution in [0.5, 0.6) is 5.75 Å². The first-order valence-electron chi connectivity index (χ1n) is 9.60. The van der Waals surface area contributed by atoms with E-state index in [4.69, 9.17) is 4.74 Å². The van der Waals surface area contributed by atoms with Gasteiger partial charge in [0.25, 0.3) is 0 Å². The van der Waals surface area contributed by atoms with Gasteiger partial charge in [-0.3, -0.25) is 4.79 Å². The molecule has 1 amide bonds. The number of anilines is 3. The third kappa shape index (κ3) is 5.34. The topological polar surface area (TPSA) is 53.6 Å². The lowest BCUT2D eigenvalue weighted by molar-refractivity contribution is -0.137. The number of carbonyl (C=O) groups excluding carboxylic acids is 1. The van der Waals surface area contributed by atoms with Gasteiger partial charge in [-0.25, -0.2) is 0 Å². The van der Waals surface area contributed by atoms with Crippen molar-refractivity contribution in [3.63, 3.8) is 0 Å². The molecular formula is C21H24F3N3O2. The lowest BCUT2D eigenvalue weighted by Gasteiger charge is -2.23. The average Bonchev–Trinajstić information content (AvgIpc) is 3.22. The Morgan fingerprint density at radius 1 is 1.10 bits per heavy atom. The van der Waals surface area contributed by atoms with Crippen molar-refractivity contribution in [2.24, 2.45) is 0 Å². The first-order chi connectivity index (χ1) is 13.9. The normalized spacial score (nSPS) is 14.0. The van der Waals surface area contributed by atoms with Gasteiger partial charge in [0.2, 0.25) is 5.91 Å². The van der Waals surface area contributed by atoms with Gasteiger partial charge in [0.05, 0.1) is 35.8 Å². The van der Waals surface area contributed by atoms with Crippen LogP contribution in [0.3, 0.4) is 0 Å². The predicted octanol–water partition coefficient (Wildman–Crippen LogP) is 4.75. The zero-order chi connectivity index (χ0) is 20.9. The van der Waals surface area contributed by atoms with Crippen LogP contribution in [0.2, 0.25) is 0 Å². The summed E-state index contributed by atoms with van der Waals surface area (Å²) in [6, 6.07) is 10.6. The van der Waals surface area contributed by atoms with Crippen LogP contribution in [0.1, 0.15) is 25.3 Å². The molecule has 1 saturated heterocycles. The quantitative estimate of drug-likeness (QED) is 0.695. The van der Waals surface area contributed by atoms with E-state index >= 15 is 0 Å². The van der Waals surface area contributed by atoms with Crippen molar-refractivity contribution in [3.05, 3.63) is 48.0 Å². The molecule has 0 unspecified atom stereocenters. The fourth-order valence-corrected chi connectivity index (χ4v) is 3.31. The SMILES string of the molecule is CCOc1ccccc1NC(=O)CNc1cc(C(F)(F)F)ccc1N1CCCC1. The molecule has 1 fully saturated rings. The summed E-state index contributed by atoms with van der Waals surface area (Å²) in [5, 5.41) is 5.62. The predicted molar refractivity (Wildman–Crippen MR) is 108 cm³/mol. The van der Waals surface area contributed by atoms with Crippen LogP contribution in [0.15, 0.2) is 42.5 Å². The first kappa shape index (κ1) is 20.8. The Kier molecular flexibility index (Phi) is 6.51. The van der Waals surface area contributed by atoms with Crippen LogP contribution in [0.4, 0.5) is 30.2 Å². The molecule has 0 aromatic heterocycles. The van der Waals surface area contributed by atoms with Gasteiger partial charge < -0.3 is 20.3 Å². The van der Waals surface area contributed by atoms with Gasteiger partial charge >= 0.3 is 6.18 Å². The van der Waals surface area contributed by atoms with E-state index in [0.29, 0.717) is 29.4 Å². The standard InChI is InChI=1S/C21H24F3N3O2/c1-2-29-19-8-4-3-7-16(19)26-20(28)14-25-17-13-15(21(22,23)24)9-10-18(17)27-11-5-6-12-27/h3-4,7-10,13,25H,2,5-6,11-12,14H2,1H3,(H,26,28). The molecular weight excluding hydrogens is 383 g/mol. The van der Waals surface area contributed by atoms with Crippen molar-refractivity contribution >= 4 is 23.0 Å². The summed E-state index contributed by atoms with van der Waals surface area (Å²) in [5.41, 5.74) is 0.753. The molecule has 0 aliphatic carbocycles. The van der Waals surface area contributed by atoms with Gasteiger partial charge in [-0.15, -0.1) is 0 Å². The Bertz CT molecular complexity index is 849. The number of para-hydroxylation sites is 2. The van der Waals surface area contributed by atoms with Crippen LogP contribution < -0.4 is 20.3 Å². The van der Waals surface area contributed by atoms with E-state index in [1.165, 1.54) is 6.07 Å². The van der Waals surface area contributed by atoms with Gasteiger partial charge in [-0.05, 0) is 50.1 Å².